The number of nitrogens with two attached hydrogens (primary N) is 1. The highest BCUT2D eigenvalue weighted by Gasteiger charge is 2.22. The van der Waals surface area contributed by atoms with Crippen LogP contribution >= 0.6 is 12.4 Å². The van der Waals surface area contributed by atoms with Crippen LogP contribution in [-0.4, -0.2) is 29.8 Å². The van der Waals surface area contributed by atoms with Gasteiger partial charge >= 0.3 is 0 Å². The number of rotatable bonds is 4. The Labute approximate surface area is 172 Å². The number of carbonyl (C=O) groups is 2. The molecule has 0 radical (unpaired) electrons. The molecule has 1 atom stereocenters. The van der Waals surface area contributed by atoms with Gasteiger partial charge in [-0.2, -0.15) is 0 Å². The van der Waals surface area contributed by atoms with E-state index in [0.717, 1.165) is 36.3 Å². The van der Waals surface area contributed by atoms with E-state index in [9.17, 15) is 9.59 Å². The first-order valence-electron chi connectivity index (χ1n) is 9.46. The number of anilines is 2. The summed E-state index contributed by atoms with van der Waals surface area (Å²) in [5.41, 5.74) is 9.56. The minimum absolute atomic E-state index is 0. The van der Waals surface area contributed by atoms with Crippen molar-refractivity contribution in [3.8, 4) is 0 Å². The van der Waals surface area contributed by atoms with Crippen molar-refractivity contribution >= 4 is 35.6 Å². The number of amides is 2. The van der Waals surface area contributed by atoms with Gasteiger partial charge in [0, 0.05) is 30.0 Å². The summed E-state index contributed by atoms with van der Waals surface area (Å²) in [6.45, 7) is 5.74. The molecule has 2 aromatic rings. The SMILES string of the molecule is Cc1cc(C(=O)N2CCCC(C)C2)ccc1NC(=O)Cc1ccc(N)cc1.Cl. The Hall–Kier alpha value is -2.53. The van der Waals surface area contributed by atoms with Crippen LogP contribution in [0.5, 0.6) is 0 Å². The molecule has 1 aliphatic heterocycles. The van der Waals surface area contributed by atoms with Crippen molar-refractivity contribution in [3.05, 3.63) is 59.2 Å². The van der Waals surface area contributed by atoms with Gasteiger partial charge in [-0.25, -0.2) is 0 Å². The van der Waals surface area contributed by atoms with E-state index in [1.807, 2.05) is 36.1 Å². The molecular formula is C22H28ClN3O2. The number of hydrogen-bond acceptors (Lipinski definition) is 3. The number of benzene rings is 2. The van der Waals surface area contributed by atoms with Gasteiger partial charge in [0.1, 0.15) is 0 Å². The second kappa shape index (κ2) is 9.60. The van der Waals surface area contributed by atoms with Crippen LogP contribution in [0.1, 0.15) is 41.3 Å². The highest BCUT2D eigenvalue weighted by molar-refractivity contribution is 5.97. The molecule has 2 aromatic carbocycles. The standard InChI is InChI=1S/C22H27N3O2.ClH/c1-15-4-3-11-25(14-15)22(27)18-7-10-20(16(2)12-18)24-21(26)13-17-5-8-19(23)9-6-17;/h5-10,12,15H,3-4,11,13-14,23H2,1-2H3,(H,24,26);1H. The van der Waals surface area contributed by atoms with Crippen molar-refractivity contribution in [1.29, 1.82) is 0 Å². The van der Waals surface area contributed by atoms with Crippen molar-refractivity contribution in [2.45, 2.75) is 33.1 Å². The zero-order valence-corrected chi connectivity index (χ0v) is 17.2. The van der Waals surface area contributed by atoms with E-state index >= 15 is 0 Å². The predicted octanol–water partition coefficient (Wildman–Crippen LogP) is 4.05. The summed E-state index contributed by atoms with van der Waals surface area (Å²) in [7, 11) is 0. The molecule has 1 aliphatic rings. The Morgan fingerprint density at radius 1 is 1.18 bits per heavy atom. The first-order chi connectivity index (χ1) is 12.9. The van der Waals surface area contributed by atoms with E-state index in [1.54, 1.807) is 18.2 Å². The molecular weight excluding hydrogens is 374 g/mol. The molecule has 0 aliphatic carbocycles. The lowest BCUT2D eigenvalue weighted by molar-refractivity contribution is -0.115. The zero-order valence-electron chi connectivity index (χ0n) is 16.4. The van der Waals surface area contributed by atoms with Crippen LogP contribution < -0.4 is 11.1 Å². The Kier molecular flexibility index (Phi) is 7.46. The van der Waals surface area contributed by atoms with Gasteiger partial charge in [0.05, 0.1) is 6.42 Å². The van der Waals surface area contributed by atoms with E-state index in [4.69, 9.17) is 5.73 Å². The van der Waals surface area contributed by atoms with E-state index in [2.05, 4.69) is 12.2 Å². The molecule has 3 rings (SSSR count). The lowest BCUT2D eigenvalue weighted by Gasteiger charge is -2.31. The van der Waals surface area contributed by atoms with Crippen LogP contribution in [0.4, 0.5) is 11.4 Å². The number of carbonyl (C=O) groups excluding carboxylic acids is 2. The maximum atomic E-state index is 12.7. The average molecular weight is 402 g/mol. The van der Waals surface area contributed by atoms with Crippen molar-refractivity contribution in [3.63, 3.8) is 0 Å². The highest BCUT2D eigenvalue weighted by atomic mass is 35.5. The molecule has 1 unspecified atom stereocenters. The summed E-state index contributed by atoms with van der Waals surface area (Å²) in [5.74, 6) is 0.534. The second-order valence-electron chi connectivity index (χ2n) is 7.49. The molecule has 150 valence electrons. The molecule has 28 heavy (non-hydrogen) atoms. The number of halogens is 1. The third-order valence-electron chi connectivity index (χ3n) is 5.04. The first kappa shape index (κ1) is 21.8. The van der Waals surface area contributed by atoms with Crippen LogP contribution in [0.25, 0.3) is 0 Å². The Bertz CT molecular complexity index is 836. The molecule has 2 amide bonds. The van der Waals surface area contributed by atoms with Crippen LogP contribution in [0.2, 0.25) is 0 Å². The minimum Gasteiger partial charge on any atom is -0.399 e. The number of nitrogens with zero attached hydrogens (tertiary/aromatic N) is 1. The van der Waals surface area contributed by atoms with Gasteiger partial charge in [-0.05, 0) is 67.1 Å². The van der Waals surface area contributed by atoms with Gasteiger partial charge in [-0.15, -0.1) is 12.4 Å². The summed E-state index contributed by atoms with van der Waals surface area (Å²) in [6, 6.07) is 12.8. The van der Waals surface area contributed by atoms with Crippen molar-refractivity contribution in [2.24, 2.45) is 5.92 Å². The highest BCUT2D eigenvalue weighted by Crippen LogP contribution is 2.21. The number of hydrogen-bond donors (Lipinski definition) is 2. The van der Waals surface area contributed by atoms with E-state index in [-0.39, 0.29) is 30.6 Å². The lowest BCUT2D eigenvalue weighted by Crippen LogP contribution is -2.39. The largest absolute Gasteiger partial charge is 0.399 e. The number of aryl methyl sites for hydroxylation is 1. The number of nitrogens with one attached hydrogen (secondary N) is 1. The molecule has 0 aromatic heterocycles. The van der Waals surface area contributed by atoms with Crippen LogP contribution in [0.3, 0.4) is 0 Å². The van der Waals surface area contributed by atoms with Crippen molar-refractivity contribution in [2.75, 3.05) is 24.1 Å². The van der Waals surface area contributed by atoms with Gasteiger partial charge in [0.2, 0.25) is 5.91 Å². The molecule has 1 heterocycles. The van der Waals surface area contributed by atoms with Crippen molar-refractivity contribution < 1.29 is 9.59 Å². The summed E-state index contributed by atoms with van der Waals surface area (Å²) in [6.07, 6.45) is 2.53. The molecule has 0 bridgehead atoms. The normalized spacial score (nSPS) is 16.2. The monoisotopic (exact) mass is 401 g/mol. The summed E-state index contributed by atoms with van der Waals surface area (Å²) >= 11 is 0. The quantitative estimate of drug-likeness (QED) is 0.759. The maximum absolute atomic E-state index is 12.7. The first-order valence-corrected chi connectivity index (χ1v) is 9.46. The van der Waals surface area contributed by atoms with Crippen LogP contribution in [0, 0.1) is 12.8 Å². The summed E-state index contributed by atoms with van der Waals surface area (Å²) in [4.78, 5) is 27.0. The summed E-state index contributed by atoms with van der Waals surface area (Å²) < 4.78 is 0. The Balaban J connectivity index is 0.00000280. The fraction of sp³-hybridized carbons (Fsp3) is 0.364. The number of likely N-dealkylation sites (tertiary alicyclic amines) is 1. The van der Waals surface area contributed by atoms with Gasteiger partial charge in [-0.1, -0.05) is 19.1 Å². The van der Waals surface area contributed by atoms with E-state index < -0.39 is 0 Å². The van der Waals surface area contributed by atoms with E-state index in [0.29, 0.717) is 17.2 Å². The van der Waals surface area contributed by atoms with Gasteiger partial charge in [-0.3, -0.25) is 9.59 Å². The van der Waals surface area contributed by atoms with Gasteiger partial charge < -0.3 is 16.0 Å². The van der Waals surface area contributed by atoms with Crippen LogP contribution in [0.15, 0.2) is 42.5 Å². The third kappa shape index (κ3) is 5.49. The second-order valence-corrected chi connectivity index (χ2v) is 7.49. The Morgan fingerprint density at radius 2 is 1.89 bits per heavy atom. The van der Waals surface area contributed by atoms with Crippen LogP contribution in [-0.2, 0) is 11.2 Å². The Morgan fingerprint density at radius 3 is 2.54 bits per heavy atom. The smallest absolute Gasteiger partial charge is 0.253 e. The van der Waals surface area contributed by atoms with Gasteiger partial charge in [0.25, 0.3) is 5.91 Å². The fourth-order valence-electron chi connectivity index (χ4n) is 3.51. The number of nitrogen functional groups attached to an aromatic ring is 1. The molecule has 5 nitrogen and oxygen atoms in total. The van der Waals surface area contributed by atoms with Gasteiger partial charge in [0.15, 0.2) is 0 Å². The molecule has 0 spiro atoms. The maximum Gasteiger partial charge on any atom is 0.253 e. The zero-order chi connectivity index (χ0) is 19.4. The third-order valence-corrected chi connectivity index (χ3v) is 5.04. The number of piperidine rings is 1. The summed E-state index contributed by atoms with van der Waals surface area (Å²) in [5, 5.41) is 2.93. The van der Waals surface area contributed by atoms with Crippen molar-refractivity contribution in [1.82, 2.24) is 4.90 Å². The minimum atomic E-state index is -0.0909. The molecule has 3 N–H and O–H groups in total. The molecule has 6 heteroatoms. The molecule has 0 saturated carbocycles. The fourth-order valence-corrected chi connectivity index (χ4v) is 3.51. The topological polar surface area (TPSA) is 75.4 Å². The lowest BCUT2D eigenvalue weighted by atomic mass is 9.99. The molecule has 1 fully saturated rings. The average Bonchev–Trinajstić information content (AvgIpc) is 2.64. The predicted molar refractivity (Wildman–Crippen MR) is 116 cm³/mol. The molecule has 1 saturated heterocycles. The van der Waals surface area contributed by atoms with E-state index in [1.165, 1.54) is 6.42 Å².